The van der Waals surface area contributed by atoms with Gasteiger partial charge in [0.15, 0.2) is 5.83 Å². The molecule has 3 rings (SSSR count). The highest BCUT2D eigenvalue weighted by Gasteiger charge is 2.09. The number of benzene rings is 3. The molecular formula is C25H21F2N. The lowest BCUT2D eigenvalue weighted by molar-refractivity contribution is 0.548. The number of allylic oxidation sites excluding steroid dienone is 1. The molecule has 0 bridgehead atoms. The Kier molecular flexibility index (Phi) is 6.34. The van der Waals surface area contributed by atoms with Gasteiger partial charge in [-0.15, -0.1) is 0 Å². The van der Waals surface area contributed by atoms with Crippen molar-refractivity contribution in [3.63, 3.8) is 0 Å². The van der Waals surface area contributed by atoms with E-state index in [1.807, 2.05) is 43.3 Å². The van der Waals surface area contributed by atoms with Crippen LogP contribution in [0.15, 0.2) is 78.6 Å². The van der Waals surface area contributed by atoms with Gasteiger partial charge in [0, 0.05) is 12.0 Å². The second-order valence-corrected chi connectivity index (χ2v) is 6.67. The minimum absolute atomic E-state index is 0.140. The lowest BCUT2D eigenvalue weighted by atomic mass is 9.99. The van der Waals surface area contributed by atoms with Crippen molar-refractivity contribution in [1.82, 2.24) is 0 Å². The normalized spacial score (nSPS) is 11.6. The molecule has 0 amide bonds. The van der Waals surface area contributed by atoms with Crippen LogP contribution in [0.25, 0.3) is 28.1 Å². The third-order valence-electron chi connectivity index (χ3n) is 4.69. The summed E-state index contributed by atoms with van der Waals surface area (Å²) >= 11 is 0. The Morgan fingerprint density at radius 2 is 1.18 bits per heavy atom. The summed E-state index contributed by atoms with van der Waals surface area (Å²) in [5.74, 6) is -1.45. The molecule has 0 saturated heterocycles. The van der Waals surface area contributed by atoms with Gasteiger partial charge in [-0.3, -0.25) is 0 Å². The summed E-state index contributed by atoms with van der Waals surface area (Å²) in [4.78, 5) is 0. The van der Waals surface area contributed by atoms with Gasteiger partial charge in [-0.1, -0.05) is 74.0 Å². The van der Waals surface area contributed by atoms with E-state index < -0.39 is 11.7 Å². The van der Waals surface area contributed by atoms with Gasteiger partial charge in [-0.2, -0.15) is 5.26 Å². The molecular weight excluding hydrogens is 352 g/mol. The summed E-state index contributed by atoms with van der Waals surface area (Å²) in [6, 6.07) is 24.4. The molecule has 0 N–H and O–H groups in total. The third-order valence-corrected chi connectivity index (χ3v) is 4.69. The lowest BCUT2D eigenvalue weighted by Gasteiger charge is -2.07. The van der Waals surface area contributed by atoms with Crippen molar-refractivity contribution in [1.29, 1.82) is 5.26 Å². The predicted octanol–water partition coefficient (Wildman–Crippen LogP) is 7.69. The maximum Gasteiger partial charge on any atom is 0.161 e. The third kappa shape index (κ3) is 4.53. The van der Waals surface area contributed by atoms with Gasteiger partial charge in [0.05, 0.1) is 11.6 Å². The maximum atomic E-state index is 14.2. The van der Waals surface area contributed by atoms with E-state index in [2.05, 4.69) is 6.07 Å². The minimum Gasteiger partial charge on any atom is -0.209 e. The van der Waals surface area contributed by atoms with Crippen LogP contribution >= 0.6 is 0 Å². The molecule has 0 aliphatic rings. The van der Waals surface area contributed by atoms with Crippen LogP contribution in [0.3, 0.4) is 0 Å². The molecule has 0 saturated carbocycles. The average molecular weight is 373 g/mol. The van der Waals surface area contributed by atoms with Crippen molar-refractivity contribution in [2.75, 3.05) is 0 Å². The van der Waals surface area contributed by atoms with E-state index in [1.165, 1.54) is 0 Å². The second kappa shape index (κ2) is 9.10. The van der Waals surface area contributed by atoms with Gasteiger partial charge in [-0.25, -0.2) is 8.78 Å². The Morgan fingerprint density at radius 3 is 1.61 bits per heavy atom. The topological polar surface area (TPSA) is 23.8 Å². The Morgan fingerprint density at radius 1 is 0.750 bits per heavy atom. The van der Waals surface area contributed by atoms with Crippen LogP contribution in [-0.2, 0) is 0 Å². The maximum absolute atomic E-state index is 14.2. The van der Waals surface area contributed by atoms with Crippen LogP contribution in [0.2, 0.25) is 0 Å². The number of nitriles is 1. The van der Waals surface area contributed by atoms with E-state index in [-0.39, 0.29) is 12.0 Å². The number of halogens is 2. The van der Waals surface area contributed by atoms with Crippen LogP contribution in [0.4, 0.5) is 8.78 Å². The Hall–Kier alpha value is -3.25. The van der Waals surface area contributed by atoms with Gasteiger partial charge >= 0.3 is 0 Å². The highest BCUT2D eigenvalue weighted by Crippen LogP contribution is 2.29. The zero-order chi connectivity index (χ0) is 19.9. The number of hydrogen-bond donors (Lipinski definition) is 0. The first-order valence-electron chi connectivity index (χ1n) is 9.38. The molecule has 3 aromatic rings. The van der Waals surface area contributed by atoms with Gasteiger partial charge in [0.25, 0.3) is 0 Å². The van der Waals surface area contributed by atoms with Crippen molar-refractivity contribution in [3.8, 4) is 28.3 Å². The molecule has 0 spiro atoms. The van der Waals surface area contributed by atoms with E-state index in [1.54, 1.807) is 36.4 Å². The first-order chi connectivity index (χ1) is 13.6. The van der Waals surface area contributed by atoms with Gasteiger partial charge in [-0.05, 0) is 40.8 Å². The van der Waals surface area contributed by atoms with E-state index in [0.29, 0.717) is 12.0 Å². The fraction of sp³-hybridized carbons (Fsp3) is 0.160. The molecule has 0 aliphatic heterocycles. The molecule has 28 heavy (non-hydrogen) atoms. The number of unbranched alkanes of at least 4 members (excludes halogenated alkanes) is 1. The molecule has 0 atom stereocenters. The summed E-state index contributed by atoms with van der Waals surface area (Å²) in [5, 5.41) is 8.89. The highest BCUT2D eigenvalue weighted by atomic mass is 19.2. The molecule has 0 aliphatic carbocycles. The largest absolute Gasteiger partial charge is 0.209 e. The number of hydrogen-bond acceptors (Lipinski definition) is 1. The van der Waals surface area contributed by atoms with E-state index in [4.69, 9.17) is 5.26 Å². The molecule has 3 heteroatoms. The molecule has 3 aromatic carbocycles. The molecule has 140 valence electrons. The standard InChI is InChI=1S/C25H21F2N/c1-2-3-4-24(26)25(27)23-15-13-22(14-16-23)21-11-9-20(10-12-21)19-7-5-18(17-28)6-8-19/h5-16H,2-4H2,1H3/b25-24+. The summed E-state index contributed by atoms with van der Waals surface area (Å²) in [5.41, 5.74) is 4.93. The molecule has 1 nitrogen and oxygen atoms in total. The minimum atomic E-state index is -0.767. The SMILES string of the molecule is CCCC/C(F)=C(\F)c1ccc(-c2ccc(-c3ccc(C#N)cc3)cc2)cc1. The van der Waals surface area contributed by atoms with Crippen molar-refractivity contribution in [3.05, 3.63) is 89.8 Å². The van der Waals surface area contributed by atoms with Gasteiger partial charge in [0.2, 0.25) is 0 Å². The quantitative estimate of drug-likeness (QED) is 0.434. The summed E-state index contributed by atoms with van der Waals surface area (Å²) in [7, 11) is 0. The van der Waals surface area contributed by atoms with Crippen molar-refractivity contribution >= 4 is 5.83 Å². The van der Waals surface area contributed by atoms with Crippen LogP contribution in [0, 0.1) is 11.3 Å². The molecule has 0 aromatic heterocycles. The van der Waals surface area contributed by atoms with E-state index >= 15 is 0 Å². The first kappa shape index (κ1) is 19.5. The Bertz CT molecular complexity index is 992. The summed E-state index contributed by atoms with van der Waals surface area (Å²) in [6.07, 6.45) is 1.61. The average Bonchev–Trinajstić information content (AvgIpc) is 2.77. The molecule has 0 unspecified atom stereocenters. The van der Waals surface area contributed by atoms with Crippen molar-refractivity contribution in [2.24, 2.45) is 0 Å². The Labute approximate surface area is 164 Å². The predicted molar refractivity (Wildman–Crippen MR) is 111 cm³/mol. The van der Waals surface area contributed by atoms with Crippen LogP contribution in [-0.4, -0.2) is 0 Å². The molecule has 0 fully saturated rings. The van der Waals surface area contributed by atoms with Gasteiger partial charge in [0.1, 0.15) is 5.83 Å². The summed E-state index contributed by atoms with van der Waals surface area (Å²) < 4.78 is 28.0. The lowest BCUT2D eigenvalue weighted by Crippen LogP contribution is -1.85. The first-order valence-corrected chi connectivity index (χ1v) is 9.38. The molecule has 0 heterocycles. The zero-order valence-corrected chi connectivity index (χ0v) is 15.8. The highest BCUT2D eigenvalue weighted by molar-refractivity contribution is 5.72. The zero-order valence-electron chi connectivity index (χ0n) is 15.8. The van der Waals surface area contributed by atoms with Gasteiger partial charge < -0.3 is 0 Å². The van der Waals surface area contributed by atoms with E-state index in [0.717, 1.165) is 28.7 Å². The number of rotatable bonds is 6. The fourth-order valence-electron chi connectivity index (χ4n) is 3.00. The second-order valence-electron chi connectivity index (χ2n) is 6.67. The monoisotopic (exact) mass is 373 g/mol. The summed E-state index contributed by atoms with van der Waals surface area (Å²) in [6.45, 7) is 1.95. The van der Waals surface area contributed by atoms with Crippen LogP contribution < -0.4 is 0 Å². The van der Waals surface area contributed by atoms with Crippen LogP contribution in [0.1, 0.15) is 37.3 Å². The van der Waals surface area contributed by atoms with Crippen molar-refractivity contribution in [2.45, 2.75) is 26.2 Å². The van der Waals surface area contributed by atoms with Crippen molar-refractivity contribution < 1.29 is 8.78 Å². The number of nitrogens with zero attached hydrogens (tertiary/aromatic N) is 1. The van der Waals surface area contributed by atoms with E-state index in [9.17, 15) is 8.78 Å². The fourth-order valence-corrected chi connectivity index (χ4v) is 3.00. The van der Waals surface area contributed by atoms with Crippen LogP contribution in [0.5, 0.6) is 0 Å². The smallest absolute Gasteiger partial charge is 0.161 e. The Balaban J connectivity index is 1.78. The molecule has 0 radical (unpaired) electrons.